The molecule has 140 valence electrons. The molecule has 1 aromatic rings. The fraction of sp³-hybridized carbons (Fsp3) is 0.737. The summed E-state index contributed by atoms with van der Waals surface area (Å²) in [7, 11) is -0.480. The molecule has 3 N–H and O–H groups in total. The maximum absolute atomic E-state index is 6.66. The fourth-order valence-electron chi connectivity index (χ4n) is 0.774. The summed E-state index contributed by atoms with van der Waals surface area (Å²) >= 11 is 0. The molecule has 0 aliphatic heterocycles. The van der Waals surface area contributed by atoms with Gasteiger partial charge in [-0.1, -0.05) is 72.4 Å². The average molecular weight is 431 g/mol. The van der Waals surface area contributed by atoms with Gasteiger partial charge in [0.2, 0.25) is 0 Å². The van der Waals surface area contributed by atoms with Crippen molar-refractivity contribution in [3.05, 3.63) is 41.5 Å². The minimum Gasteiger partial charge on any atom is -0.677 e. The average Bonchev–Trinajstić information content (AvgIpc) is 3.03. The Bertz CT molecular complexity index is 281. The van der Waals surface area contributed by atoms with Crippen LogP contribution in [-0.4, -0.2) is 28.4 Å². The van der Waals surface area contributed by atoms with Crippen LogP contribution in [0, 0.1) is 17.8 Å². The minimum absolute atomic E-state index is 0. The predicted molar refractivity (Wildman–Crippen MR) is 113 cm³/mol. The van der Waals surface area contributed by atoms with Crippen molar-refractivity contribution < 1.29 is 26.2 Å². The van der Waals surface area contributed by atoms with Crippen molar-refractivity contribution in [3.8, 4) is 0 Å². The molecule has 0 heterocycles. The van der Waals surface area contributed by atoms with Gasteiger partial charge in [-0.25, -0.2) is 12.1 Å². The van der Waals surface area contributed by atoms with E-state index in [4.69, 9.17) is 17.2 Å². The third-order valence-electron chi connectivity index (χ3n) is 2.58. The molecule has 0 atom stereocenters. The van der Waals surface area contributed by atoms with E-state index < -0.39 is 8.80 Å². The number of rotatable bonds is 4. The maximum atomic E-state index is 6.66. The van der Waals surface area contributed by atoms with E-state index in [0.29, 0.717) is 37.4 Å². The van der Waals surface area contributed by atoms with Crippen molar-refractivity contribution in [3.63, 3.8) is 0 Å². The SMILES string of the molecule is CC(C)C[NH-].CC(C)C[NH-].CC(C)C[NH-].C[SiH](C)[c-]1cccc1.[Zr+4]. The summed E-state index contributed by atoms with van der Waals surface area (Å²) in [6.45, 7) is 18.6. The van der Waals surface area contributed by atoms with E-state index in [0.717, 1.165) is 0 Å². The van der Waals surface area contributed by atoms with Gasteiger partial charge in [-0.05, 0) is 0 Å². The van der Waals surface area contributed by atoms with Gasteiger partial charge < -0.3 is 17.2 Å². The van der Waals surface area contributed by atoms with E-state index in [1.165, 1.54) is 0 Å². The number of hydrogen-bond acceptors (Lipinski definition) is 0. The summed E-state index contributed by atoms with van der Waals surface area (Å²) in [4.78, 5) is 0. The molecule has 1 aromatic carbocycles. The molecule has 0 fully saturated rings. The molecular weight excluding hydrogens is 390 g/mol. The Hall–Kier alpha value is 0.330. The maximum Gasteiger partial charge on any atom is 4.00 e. The van der Waals surface area contributed by atoms with E-state index in [1.807, 2.05) is 41.5 Å². The molecule has 0 aromatic heterocycles. The molecule has 0 spiro atoms. The largest absolute Gasteiger partial charge is 4.00 e. The van der Waals surface area contributed by atoms with Crippen molar-refractivity contribution >= 4 is 14.0 Å². The van der Waals surface area contributed by atoms with Crippen LogP contribution in [0.15, 0.2) is 24.3 Å². The van der Waals surface area contributed by atoms with Gasteiger partial charge in [0, 0.05) is 8.80 Å². The van der Waals surface area contributed by atoms with Crippen molar-refractivity contribution in [1.82, 2.24) is 0 Å². The van der Waals surface area contributed by atoms with Gasteiger partial charge in [0.15, 0.2) is 0 Å². The molecule has 0 unspecified atom stereocenters. The molecule has 0 aliphatic carbocycles. The third kappa shape index (κ3) is 33.8. The molecule has 0 aliphatic rings. The zero-order chi connectivity index (χ0) is 18.8. The molecule has 0 bridgehead atoms. The second-order valence-corrected chi connectivity index (χ2v) is 10.1. The van der Waals surface area contributed by atoms with Gasteiger partial charge in [0.1, 0.15) is 0 Å². The Morgan fingerprint density at radius 3 is 1.00 bits per heavy atom. The Morgan fingerprint density at radius 2 is 0.917 bits per heavy atom. The van der Waals surface area contributed by atoms with Gasteiger partial charge in [0.25, 0.3) is 0 Å². The zero-order valence-corrected chi connectivity index (χ0v) is 20.9. The quantitative estimate of drug-likeness (QED) is 0.404. The van der Waals surface area contributed by atoms with E-state index in [1.54, 1.807) is 5.19 Å². The van der Waals surface area contributed by atoms with E-state index in [2.05, 4.69) is 37.4 Å². The fourth-order valence-corrected chi connectivity index (χ4v) is 1.77. The standard InChI is InChI=1S/C7H11Si.3C4H10N.Zr/c1-8(2)7-5-3-4-6-7;3*1-4(2)3-5;/h3-6,8H,1-2H3;3*4-5H,3H2,1-2H3;/q4*-1;+4. The Kier molecular flexibility index (Phi) is 31.1. The second-order valence-electron chi connectivity index (χ2n) is 7.17. The summed E-state index contributed by atoms with van der Waals surface area (Å²) in [5.74, 6) is 1.65. The molecular formula is C19H41N3SiZr. The van der Waals surface area contributed by atoms with Crippen molar-refractivity contribution in [2.45, 2.75) is 54.6 Å². The summed E-state index contributed by atoms with van der Waals surface area (Å²) in [5, 5.41) is 1.57. The van der Waals surface area contributed by atoms with Gasteiger partial charge in [-0.15, -0.1) is 19.6 Å². The van der Waals surface area contributed by atoms with E-state index in [-0.39, 0.29) is 26.2 Å². The van der Waals surface area contributed by atoms with E-state index >= 15 is 0 Å². The molecule has 5 heteroatoms. The summed E-state index contributed by atoms with van der Waals surface area (Å²) in [6, 6.07) is 8.67. The van der Waals surface area contributed by atoms with Gasteiger partial charge in [-0.2, -0.15) is 17.3 Å². The van der Waals surface area contributed by atoms with Crippen LogP contribution in [-0.2, 0) is 26.2 Å². The Labute approximate surface area is 173 Å². The first-order valence-corrected chi connectivity index (χ1v) is 11.7. The van der Waals surface area contributed by atoms with Crippen LogP contribution in [0.3, 0.4) is 0 Å². The third-order valence-corrected chi connectivity index (χ3v) is 4.30. The van der Waals surface area contributed by atoms with Crippen LogP contribution < -0.4 is 5.19 Å². The van der Waals surface area contributed by atoms with Crippen LogP contribution >= 0.6 is 0 Å². The van der Waals surface area contributed by atoms with Crippen LogP contribution in [0.4, 0.5) is 0 Å². The predicted octanol–water partition coefficient (Wildman–Crippen LogP) is 6.18. The first kappa shape index (κ1) is 32.0. The van der Waals surface area contributed by atoms with Gasteiger partial charge in [0.05, 0.1) is 0 Å². The minimum atomic E-state index is -0.480. The molecule has 3 nitrogen and oxygen atoms in total. The normalized spacial score (nSPS) is 9.46. The van der Waals surface area contributed by atoms with Crippen LogP contribution in [0.25, 0.3) is 17.2 Å². The zero-order valence-electron chi connectivity index (χ0n) is 17.2. The van der Waals surface area contributed by atoms with Crippen molar-refractivity contribution in [2.75, 3.05) is 19.6 Å². The molecule has 0 amide bonds. The number of hydrogen-bond donors (Lipinski definition) is 0. The van der Waals surface area contributed by atoms with Crippen molar-refractivity contribution in [1.29, 1.82) is 0 Å². The smallest absolute Gasteiger partial charge is 0.677 e. The van der Waals surface area contributed by atoms with Crippen molar-refractivity contribution in [2.24, 2.45) is 17.8 Å². The Morgan fingerprint density at radius 1 is 0.708 bits per heavy atom. The monoisotopic (exact) mass is 429 g/mol. The van der Waals surface area contributed by atoms with Gasteiger partial charge >= 0.3 is 26.2 Å². The van der Waals surface area contributed by atoms with Gasteiger partial charge in [-0.3, -0.25) is 0 Å². The Balaban J connectivity index is -0.000000113. The molecule has 0 radical (unpaired) electrons. The summed E-state index contributed by atoms with van der Waals surface area (Å²) < 4.78 is 0. The molecule has 0 saturated heterocycles. The topological polar surface area (TPSA) is 71.4 Å². The summed E-state index contributed by atoms with van der Waals surface area (Å²) in [6.07, 6.45) is 0. The van der Waals surface area contributed by atoms with E-state index in [9.17, 15) is 0 Å². The first-order valence-electron chi connectivity index (χ1n) is 8.77. The first-order chi connectivity index (χ1) is 10.6. The molecule has 1 rings (SSSR count). The van der Waals surface area contributed by atoms with Crippen LogP contribution in [0.5, 0.6) is 0 Å². The second kappa shape index (κ2) is 23.3. The van der Waals surface area contributed by atoms with Crippen LogP contribution in [0.2, 0.25) is 13.1 Å². The summed E-state index contributed by atoms with van der Waals surface area (Å²) in [5.41, 5.74) is 20.0. The molecule has 24 heavy (non-hydrogen) atoms. The molecule has 0 saturated carbocycles. The number of nitrogens with one attached hydrogen (secondary N) is 3. The van der Waals surface area contributed by atoms with Crippen LogP contribution in [0.1, 0.15) is 41.5 Å².